The van der Waals surface area contributed by atoms with Crippen molar-refractivity contribution in [3.05, 3.63) is 81.2 Å². The Morgan fingerprint density at radius 2 is 1.94 bits per heavy atom. The van der Waals surface area contributed by atoms with Crippen molar-refractivity contribution in [2.24, 2.45) is 7.05 Å². The van der Waals surface area contributed by atoms with E-state index in [-0.39, 0.29) is 23.5 Å². The maximum atomic E-state index is 12.6. The third-order valence-corrected chi connectivity index (χ3v) is 4.79. The third-order valence-electron chi connectivity index (χ3n) is 4.79. The Hall–Kier alpha value is -4.28. The van der Waals surface area contributed by atoms with E-state index in [2.05, 4.69) is 20.6 Å². The van der Waals surface area contributed by atoms with Gasteiger partial charge in [-0.15, -0.1) is 0 Å². The summed E-state index contributed by atoms with van der Waals surface area (Å²) in [4.78, 5) is 41.5. The lowest BCUT2D eigenvalue weighted by Crippen LogP contribution is -2.40. The van der Waals surface area contributed by atoms with Crippen molar-refractivity contribution in [2.45, 2.75) is 25.8 Å². The molecule has 0 spiro atoms. The standard InChI is InChI=1S/C21H20N6O5/c1-13(10-11-15-9-6-12-31-15)22-18(28)19-23-17(25-32-19)16-20(29)26(2)21(30)27(24-16)14-7-4-3-5-8-14/h3-9,12-13H,10-11H2,1-2H3,(H,22,28)/t13-/m1/s1. The molecule has 0 aliphatic heterocycles. The summed E-state index contributed by atoms with van der Waals surface area (Å²) in [5, 5.41) is 10.6. The van der Waals surface area contributed by atoms with Gasteiger partial charge < -0.3 is 14.3 Å². The number of amides is 1. The number of nitrogens with zero attached hydrogens (tertiary/aromatic N) is 5. The van der Waals surface area contributed by atoms with Crippen LogP contribution in [0.5, 0.6) is 0 Å². The largest absolute Gasteiger partial charge is 0.469 e. The molecule has 0 bridgehead atoms. The first kappa shape index (κ1) is 21.0. The van der Waals surface area contributed by atoms with Crippen molar-refractivity contribution < 1.29 is 13.7 Å². The molecule has 3 aromatic heterocycles. The van der Waals surface area contributed by atoms with E-state index in [0.29, 0.717) is 18.5 Å². The average Bonchev–Trinajstić information content (AvgIpc) is 3.49. The summed E-state index contributed by atoms with van der Waals surface area (Å²) in [6.07, 6.45) is 2.90. The van der Waals surface area contributed by atoms with Crippen molar-refractivity contribution in [2.75, 3.05) is 0 Å². The third kappa shape index (κ3) is 4.26. The molecule has 0 aliphatic rings. The smallest absolute Gasteiger partial charge is 0.351 e. The van der Waals surface area contributed by atoms with E-state index in [0.717, 1.165) is 15.0 Å². The fourth-order valence-corrected chi connectivity index (χ4v) is 3.03. The quantitative estimate of drug-likeness (QED) is 0.458. The second-order valence-corrected chi connectivity index (χ2v) is 7.16. The monoisotopic (exact) mass is 436 g/mol. The second kappa shape index (κ2) is 8.84. The van der Waals surface area contributed by atoms with Crippen LogP contribution in [0.15, 0.2) is 67.3 Å². The number of carbonyl (C=O) groups is 1. The Bertz CT molecular complexity index is 1340. The van der Waals surface area contributed by atoms with E-state index in [9.17, 15) is 14.4 Å². The van der Waals surface area contributed by atoms with Gasteiger partial charge in [-0.2, -0.15) is 14.8 Å². The minimum absolute atomic E-state index is 0.186. The van der Waals surface area contributed by atoms with E-state index >= 15 is 0 Å². The summed E-state index contributed by atoms with van der Waals surface area (Å²) < 4.78 is 12.3. The molecule has 4 rings (SSSR count). The molecule has 1 atom stereocenters. The van der Waals surface area contributed by atoms with Gasteiger partial charge in [0.05, 0.1) is 12.0 Å². The predicted molar refractivity (Wildman–Crippen MR) is 112 cm³/mol. The maximum absolute atomic E-state index is 12.6. The summed E-state index contributed by atoms with van der Waals surface area (Å²) in [6.45, 7) is 1.84. The summed E-state index contributed by atoms with van der Waals surface area (Å²) in [5.41, 5.74) is -1.09. The molecule has 0 aliphatic carbocycles. The molecule has 0 fully saturated rings. The number of hydrogen-bond acceptors (Lipinski definition) is 8. The predicted octanol–water partition coefficient (Wildman–Crippen LogP) is 1.33. The first-order chi connectivity index (χ1) is 15.4. The van der Waals surface area contributed by atoms with Crippen molar-refractivity contribution >= 4 is 5.91 Å². The molecule has 0 saturated heterocycles. The first-order valence-corrected chi connectivity index (χ1v) is 9.87. The van der Waals surface area contributed by atoms with Gasteiger partial charge in [-0.05, 0) is 37.6 Å². The molecule has 0 unspecified atom stereocenters. The molecule has 0 saturated carbocycles. The number of benzene rings is 1. The van der Waals surface area contributed by atoms with Gasteiger partial charge in [0.25, 0.3) is 5.56 Å². The topological polar surface area (TPSA) is 138 Å². The summed E-state index contributed by atoms with van der Waals surface area (Å²) in [7, 11) is 1.32. The molecule has 1 amide bonds. The first-order valence-electron chi connectivity index (χ1n) is 9.87. The van der Waals surface area contributed by atoms with Crippen molar-refractivity contribution in [3.63, 3.8) is 0 Å². The van der Waals surface area contributed by atoms with Crippen LogP contribution in [0.2, 0.25) is 0 Å². The molecule has 1 N–H and O–H groups in total. The molecule has 4 aromatic rings. The normalized spacial score (nSPS) is 11.9. The Morgan fingerprint density at radius 1 is 1.16 bits per heavy atom. The van der Waals surface area contributed by atoms with Crippen LogP contribution in [0, 0.1) is 0 Å². The van der Waals surface area contributed by atoms with Crippen LogP contribution in [0.25, 0.3) is 17.2 Å². The lowest BCUT2D eigenvalue weighted by molar-refractivity contribution is 0.0893. The zero-order valence-electron chi connectivity index (χ0n) is 17.4. The molecule has 11 nitrogen and oxygen atoms in total. The second-order valence-electron chi connectivity index (χ2n) is 7.16. The molecule has 1 aromatic carbocycles. The van der Waals surface area contributed by atoms with E-state index in [1.807, 2.05) is 13.0 Å². The van der Waals surface area contributed by atoms with Crippen molar-refractivity contribution in [1.29, 1.82) is 0 Å². The fraction of sp³-hybridized carbons (Fsp3) is 0.238. The number of hydrogen-bond donors (Lipinski definition) is 1. The lowest BCUT2D eigenvalue weighted by Gasteiger charge is -2.10. The maximum Gasteiger partial charge on any atom is 0.351 e. The highest BCUT2D eigenvalue weighted by atomic mass is 16.5. The Balaban J connectivity index is 1.55. The van der Waals surface area contributed by atoms with Gasteiger partial charge in [-0.25, -0.2) is 4.79 Å². The summed E-state index contributed by atoms with van der Waals surface area (Å²) in [6, 6.07) is 12.1. The molecule has 32 heavy (non-hydrogen) atoms. The zero-order valence-corrected chi connectivity index (χ0v) is 17.4. The van der Waals surface area contributed by atoms with Gasteiger partial charge in [-0.1, -0.05) is 23.4 Å². The van der Waals surface area contributed by atoms with E-state index < -0.39 is 17.2 Å². The number of para-hydroxylation sites is 1. The summed E-state index contributed by atoms with van der Waals surface area (Å²) in [5.74, 6) is -0.264. The molecule has 3 heterocycles. The van der Waals surface area contributed by atoms with E-state index in [1.54, 1.807) is 42.7 Å². The number of furan rings is 1. The van der Waals surface area contributed by atoms with Crippen LogP contribution in [-0.4, -0.2) is 36.4 Å². The van der Waals surface area contributed by atoms with Crippen LogP contribution in [0.3, 0.4) is 0 Å². The molecular weight excluding hydrogens is 416 g/mol. The number of nitrogens with one attached hydrogen (secondary N) is 1. The van der Waals surface area contributed by atoms with Crippen LogP contribution in [0.4, 0.5) is 0 Å². The molecular formula is C21H20N6O5. The van der Waals surface area contributed by atoms with Gasteiger partial charge in [0.2, 0.25) is 5.82 Å². The molecule has 0 radical (unpaired) electrons. The number of aromatic nitrogens is 5. The Labute approximate surface area is 181 Å². The van der Waals surface area contributed by atoms with E-state index in [4.69, 9.17) is 8.94 Å². The van der Waals surface area contributed by atoms with Gasteiger partial charge in [0, 0.05) is 19.5 Å². The van der Waals surface area contributed by atoms with Gasteiger partial charge >= 0.3 is 17.5 Å². The van der Waals surface area contributed by atoms with Crippen LogP contribution in [0.1, 0.15) is 29.8 Å². The lowest BCUT2D eigenvalue weighted by atomic mass is 10.1. The molecule has 11 heteroatoms. The van der Waals surface area contributed by atoms with Crippen LogP contribution >= 0.6 is 0 Å². The highest BCUT2D eigenvalue weighted by molar-refractivity contribution is 5.90. The Morgan fingerprint density at radius 3 is 2.66 bits per heavy atom. The minimum atomic E-state index is -0.707. The number of rotatable bonds is 7. The minimum Gasteiger partial charge on any atom is -0.469 e. The number of aryl methyl sites for hydroxylation is 1. The SMILES string of the molecule is C[C@H](CCc1ccco1)NC(=O)c1nc(-c2nn(-c3ccccc3)c(=O)n(C)c2=O)no1. The van der Waals surface area contributed by atoms with Gasteiger partial charge in [0.1, 0.15) is 5.76 Å². The van der Waals surface area contributed by atoms with Gasteiger partial charge in [0.15, 0.2) is 5.69 Å². The highest BCUT2D eigenvalue weighted by Gasteiger charge is 2.22. The highest BCUT2D eigenvalue weighted by Crippen LogP contribution is 2.11. The van der Waals surface area contributed by atoms with E-state index in [1.165, 1.54) is 7.05 Å². The van der Waals surface area contributed by atoms with Crippen LogP contribution in [-0.2, 0) is 13.5 Å². The van der Waals surface area contributed by atoms with Crippen molar-refractivity contribution in [3.8, 4) is 17.2 Å². The van der Waals surface area contributed by atoms with Crippen LogP contribution < -0.4 is 16.6 Å². The van der Waals surface area contributed by atoms with Crippen molar-refractivity contribution in [1.82, 2.24) is 29.8 Å². The summed E-state index contributed by atoms with van der Waals surface area (Å²) >= 11 is 0. The Kier molecular flexibility index (Phi) is 5.79. The fourth-order valence-electron chi connectivity index (χ4n) is 3.03. The number of carbonyl (C=O) groups excluding carboxylic acids is 1. The zero-order chi connectivity index (χ0) is 22.7. The van der Waals surface area contributed by atoms with Gasteiger partial charge in [-0.3, -0.25) is 14.2 Å². The average molecular weight is 436 g/mol. The molecule has 164 valence electrons.